The van der Waals surface area contributed by atoms with Gasteiger partial charge < -0.3 is 14.4 Å². The third-order valence-electron chi connectivity index (χ3n) is 10.3. The summed E-state index contributed by atoms with van der Waals surface area (Å²) in [5.74, 6) is 0. The van der Waals surface area contributed by atoms with Crippen LogP contribution in [0.1, 0.15) is 44.5 Å². The van der Waals surface area contributed by atoms with Crippen molar-refractivity contribution in [2.75, 3.05) is 30.6 Å². The molecular formula is C39H33N2O2P2+. The van der Waals surface area contributed by atoms with Crippen LogP contribution in [0.15, 0.2) is 72.8 Å². The maximum Gasteiger partial charge on any atom is 0.419 e. The Hall–Kier alpha value is -4.23. The summed E-state index contributed by atoms with van der Waals surface area (Å²) < 4.78 is 30.8. The highest BCUT2D eigenvalue weighted by atomic mass is 31.2. The van der Waals surface area contributed by atoms with Gasteiger partial charge in [0.2, 0.25) is 10.6 Å². The lowest BCUT2D eigenvalue weighted by molar-refractivity contribution is 0.590. The molecule has 0 radical (unpaired) electrons. The zero-order valence-corrected chi connectivity index (χ0v) is 27.5. The average Bonchev–Trinajstić information content (AvgIpc) is 3.86. The molecule has 0 spiro atoms. The van der Waals surface area contributed by atoms with E-state index in [4.69, 9.17) is 0 Å². The fourth-order valence-corrected chi connectivity index (χ4v) is 11.7. The maximum atomic E-state index is 15.7. The van der Waals surface area contributed by atoms with Crippen LogP contribution in [-0.2, 0) is 34.8 Å². The molecule has 4 aromatic carbocycles. The molecule has 0 amide bonds. The summed E-state index contributed by atoms with van der Waals surface area (Å²) in [5, 5.41) is 3.32. The highest BCUT2D eigenvalue weighted by Crippen LogP contribution is 2.50. The Balaban J connectivity index is 1.41. The second-order valence-electron chi connectivity index (χ2n) is 12.9. The van der Waals surface area contributed by atoms with Crippen molar-refractivity contribution in [1.29, 1.82) is 0 Å². The largest absolute Gasteiger partial charge is 0.419 e. The molecule has 6 heteroatoms. The Morgan fingerprint density at radius 2 is 0.933 bits per heavy atom. The van der Waals surface area contributed by atoms with Crippen molar-refractivity contribution in [3.8, 4) is 0 Å². The molecule has 1 aliphatic heterocycles. The van der Waals surface area contributed by atoms with E-state index in [1.165, 1.54) is 22.3 Å². The summed E-state index contributed by atoms with van der Waals surface area (Å²) in [5.41, 5.74) is 13.0. The van der Waals surface area contributed by atoms with Crippen molar-refractivity contribution in [1.82, 2.24) is 0 Å². The minimum Gasteiger partial charge on any atom is -0.340 e. The maximum absolute atomic E-state index is 15.7. The van der Waals surface area contributed by atoms with E-state index in [2.05, 4.69) is 121 Å². The zero-order chi connectivity index (χ0) is 30.6. The fourth-order valence-electron chi connectivity index (χ4n) is 7.73. The van der Waals surface area contributed by atoms with Crippen LogP contribution in [0.5, 0.6) is 0 Å². The number of hydrogen-bond acceptors (Lipinski definition) is 4. The van der Waals surface area contributed by atoms with E-state index in [9.17, 15) is 0 Å². The number of rotatable bonds is 0. The van der Waals surface area contributed by atoms with Gasteiger partial charge in [0.05, 0.1) is 22.7 Å². The summed E-state index contributed by atoms with van der Waals surface area (Å²) in [6.07, 6.45) is 20.7. The van der Waals surface area contributed by atoms with Crippen LogP contribution in [0, 0.1) is 0 Å². The molecule has 1 heterocycles. The molecule has 4 nitrogen and oxygen atoms in total. The van der Waals surface area contributed by atoms with Crippen molar-refractivity contribution in [2.45, 2.75) is 25.7 Å². The molecule has 2 unspecified atom stereocenters. The van der Waals surface area contributed by atoms with E-state index in [-0.39, 0.29) is 0 Å². The van der Waals surface area contributed by atoms with E-state index in [0.717, 1.165) is 91.9 Å². The summed E-state index contributed by atoms with van der Waals surface area (Å²) in [7, 11) is -1.05. The number of hydrogen-bond donors (Lipinski definition) is 0. The van der Waals surface area contributed by atoms with Crippen LogP contribution in [0.4, 0.5) is 22.7 Å². The summed E-state index contributed by atoms with van der Waals surface area (Å²) in [6, 6.07) is 17.4. The predicted octanol–water partition coefficient (Wildman–Crippen LogP) is 7.53. The lowest BCUT2D eigenvalue weighted by atomic mass is 10.1. The molecule has 0 N–H and O–H groups in total. The first-order valence-electron chi connectivity index (χ1n) is 15.6. The number of fused-ring (bicyclic) bond motifs is 8. The standard InChI is InChI=1S/C39H33N2O2P2/c1-40-32-16-24-8-4-12-28(24)20-36(32)44(42)37-21-29-13-5-9-25(29)17-33(37)41(2)35-19-27-11-7-15-31(27)23-39(35)45(3,43)38-22-30-14-6-10-26(30)18-34(38)40/h4-8,11,13-14,16-23H,9-10,12,15H2,1-3H3/q+1. The first-order chi connectivity index (χ1) is 21.8. The number of benzene rings is 4. The molecular weight excluding hydrogens is 590 g/mol. The van der Waals surface area contributed by atoms with Gasteiger partial charge in [-0.3, -0.25) is 0 Å². The van der Waals surface area contributed by atoms with Gasteiger partial charge in [0.15, 0.2) is 0 Å². The van der Waals surface area contributed by atoms with Crippen molar-refractivity contribution in [3.05, 3.63) is 117 Å². The third kappa shape index (κ3) is 3.96. The SMILES string of the molecule is CN1c2cc3c(cc2[P+](=O)c2cc4c(cc2N(C)c2cc5c(cc2P(C)(=O)c2cc6c(cc21)CC=C6)CC=C5)CC=C4)CC=C3. The smallest absolute Gasteiger partial charge is 0.340 e. The Morgan fingerprint density at radius 1 is 0.533 bits per heavy atom. The van der Waals surface area contributed by atoms with E-state index in [0.29, 0.717) is 0 Å². The average molecular weight is 624 g/mol. The van der Waals surface area contributed by atoms with Gasteiger partial charge in [0, 0.05) is 30.8 Å². The van der Waals surface area contributed by atoms with Crippen LogP contribution in [0.3, 0.4) is 0 Å². The highest BCUT2D eigenvalue weighted by Gasteiger charge is 2.39. The molecule has 0 aromatic heterocycles. The second-order valence-corrected chi connectivity index (χ2v) is 17.3. The van der Waals surface area contributed by atoms with Crippen LogP contribution in [-0.4, -0.2) is 20.8 Å². The summed E-state index contributed by atoms with van der Waals surface area (Å²) in [6.45, 7) is 1.94. The molecule has 0 fully saturated rings. The van der Waals surface area contributed by atoms with Crippen LogP contribution in [0.2, 0.25) is 0 Å². The molecule has 0 saturated carbocycles. The van der Waals surface area contributed by atoms with Crippen molar-refractivity contribution in [3.63, 3.8) is 0 Å². The van der Waals surface area contributed by atoms with Gasteiger partial charge in [-0.05, 0) is 119 Å². The molecule has 0 saturated heterocycles. The Kier molecular flexibility index (Phi) is 5.80. The first-order valence-corrected chi connectivity index (χ1v) is 19.1. The number of nitrogens with zero attached hydrogens (tertiary/aromatic N) is 2. The summed E-state index contributed by atoms with van der Waals surface area (Å²) >= 11 is 0. The molecule has 45 heavy (non-hydrogen) atoms. The predicted molar refractivity (Wildman–Crippen MR) is 193 cm³/mol. The van der Waals surface area contributed by atoms with E-state index in [1.807, 2.05) is 6.66 Å². The summed E-state index contributed by atoms with van der Waals surface area (Å²) in [4.78, 5) is 4.32. The van der Waals surface area contributed by atoms with Crippen molar-refractivity contribution < 1.29 is 9.13 Å². The van der Waals surface area contributed by atoms with Crippen molar-refractivity contribution >= 4 is 83.2 Å². The van der Waals surface area contributed by atoms with Gasteiger partial charge in [-0.1, -0.05) is 53.2 Å². The monoisotopic (exact) mass is 623 g/mol. The molecule has 220 valence electrons. The van der Waals surface area contributed by atoms with E-state index < -0.39 is 14.9 Å². The second kappa shape index (κ2) is 9.63. The van der Waals surface area contributed by atoms with Gasteiger partial charge in [-0.25, -0.2) is 0 Å². The Labute approximate surface area is 265 Å². The molecule has 4 aliphatic carbocycles. The molecule has 0 bridgehead atoms. The van der Waals surface area contributed by atoms with Gasteiger partial charge >= 0.3 is 7.80 Å². The molecule has 9 rings (SSSR count). The normalized spacial score (nSPS) is 20.6. The zero-order valence-electron chi connectivity index (χ0n) is 25.7. The number of anilines is 4. The van der Waals surface area contributed by atoms with Gasteiger partial charge in [0.25, 0.3) is 0 Å². The van der Waals surface area contributed by atoms with Crippen LogP contribution in [0.25, 0.3) is 24.3 Å². The molecule has 5 aliphatic rings. The first kappa shape index (κ1) is 27.1. The van der Waals surface area contributed by atoms with E-state index in [1.54, 1.807) is 0 Å². The van der Waals surface area contributed by atoms with Crippen LogP contribution < -0.4 is 31.0 Å². The molecule has 2 atom stereocenters. The third-order valence-corrected chi connectivity index (χ3v) is 14.4. The minimum atomic E-state index is -3.17. The Bertz CT molecular complexity index is 2220. The lowest BCUT2D eigenvalue weighted by Crippen LogP contribution is -2.31. The van der Waals surface area contributed by atoms with Gasteiger partial charge in [-0.15, -0.1) is 0 Å². The molecule has 4 aromatic rings. The Morgan fingerprint density at radius 3 is 1.56 bits per heavy atom. The van der Waals surface area contributed by atoms with Gasteiger partial charge in [0.1, 0.15) is 7.14 Å². The van der Waals surface area contributed by atoms with Crippen molar-refractivity contribution in [2.24, 2.45) is 0 Å². The number of allylic oxidation sites excluding steroid dienone is 4. The van der Waals surface area contributed by atoms with E-state index >= 15 is 9.13 Å². The minimum absolute atomic E-state index is 0.810. The van der Waals surface area contributed by atoms with Gasteiger partial charge in [-0.2, -0.15) is 0 Å². The quantitative estimate of drug-likeness (QED) is 0.190. The lowest BCUT2D eigenvalue weighted by Gasteiger charge is -2.31. The van der Waals surface area contributed by atoms with Crippen LogP contribution >= 0.6 is 14.9 Å². The topological polar surface area (TPSA) is 40.6 Å². The fraction of sp³-hybridized carbons (Fsp3) is 0.179. The highest BCUT2D eigenvalue weighted by molar-refractivity contribution is 7.78.